The Balaban J connectivity index is 2.45. The molecule has 1 heterocycles. The average molecular weight is 306 g/mol. The van der Waals surface area contributed by atoms with Gasteiger partial charge in [0.1, 0.15) is 11.6 Å². The van der Waals surface area contributed by atoms with Crippen molar-refractivity contribution < 1.29 is 21.9 Å². The van der Waals surface area contributed by atoms with E-state index < -0.39 is 26.6 Å². The molecule has 1 aromatic carbocycles. The highest BCUT2D eigenvalue weighted by Crippen LogP contribution is 2.27. The number of morpholine rings is 1. The highest BCUT2D eigenvalue weighted by molar-refractivity contribution is 7.89. The first-order valence-corrected chi connectivity index (χ1v) is 7.56. The highest BCUT2D eigenvalue weighted by Gasteiger charge is 2.35. The summed E-state index contributed by atoms with van der Waals surface area (Å²) in [5.74, 6) is -2.37. The summed E-state index contributed by atoms with van der Waals surface area (Å²) in [6.07, 6.45) is -0.679. The predicted octanol–water partition coefficient (Wildman–Crippen LogP) is 1.34. The lowest BCUT2D eigenvalue weighted by Crippen LogP contribution is -2.48. The van der Waals surface area contributed by atoms with E-state index in [9.17, 15) is 17.2 Å². The highest BCUT2D eigenvalue weighted by atomic mass is 32.2. The Kier molecular flexibility index (Phi) is 3.99. The Bertz CT molecular complexity index is 588. The third kappa shape index (κ3) is 2.77. The molecule has 8 heteroatoms. The number of rotatable bonds is 2. The molecule has 5 nitrogen and oxygen atoms in total. The van der Waals surface area contributed by atoms with E-state index >= 15 is 0 Å². The summed E-state index contributed by atoms with van der Waals surface area (Å²) < 4.78 is 58.8. The Labute approximate surface area is 116 Å². The van der Waals surface area contributed by atoms with Crippen molar-refractivity contribution in [2.75, 3.05) is 18.8 Å². The van der Waals surface area contributed by atoms with Gasteiger partial charge in [-0.25, -0.2) is 17.2 Å². The molecule has 0 radical (unpaired) electrons. The molecule has 0 unspecified atom stereocenters. The molecule has 2 N–H and O–H groups in total. The van der Waals surface area contributed by atoms with Gasteiger partial charge in [0.2, 0.25) is 10.0 Å². The number of hydrogen-bond donors (Lipinski definition) is 1. The number of nitrogens with zero attached hydrogens (tertiary/aromatic N) is 1. The number of benzene rings is 1. The topological polar surface area (TPSA) is 72.6 Å². The van der Waals surface area contributed by atoms with Crippen molar-refractivity contribution in [1.82, 2.24) is 4.31 Å². The van der Waals surface area contributed by atoms with E-state index in [4.69, 9.17) is 10.5 Å². The summed E-state index contributed by atoms with van der Waals surface area (Å²) in [4.78, 5) is -0.965. The Morgan fingerprint density at radius 1 is 1.20 bits per heavy atom. The fourth-order valence-corrected chi connectivity index (χ4v) is 3.96. The first kappa shape index (κ1) is 15.1. The van der Waals surface area contributed by atoms with E-state index in [1.165, 1.54) is 0 Å². The van der Waals surface area contributed by atoms with Gasteiger partial charge in [0.15, 0.2) is 4.90 Å². The lowest BCUT2D eigenvalue weighted by Gasteiger charge is -2.34. The van der Waals surface area contributed by atoms with Gasteiger partial charge in [0, 0.05) is 18.8 Å². The zero-order valence-corrected chi connectivity index (χ0v) is 12.0. The predicted molar refractivity (Wildman–Crippen MR) is 69.5 cm³/mol. The molecule has 2 rings (SSSR count). The summed E-state index contributed by atoms with van der Waals surface area (Å²) in [6.45, 7) is 3.51. The quantitative estimate of drug-likeness (QED) is 0.837. The van der Waals surface area contributed by atoms with Crippen LogP contribution in [0.3, 0.4) is 0 Å². The third-order valence-electron chi connectivity index (χ3n) is 3.00. The van der Waals surface area contributed by atoms with Crippen molar-refractivity contribution in [1.29, 1.82) is 0 Å². The second-order valence-corrected chi connectivity index (χ2v) is 6.77. The summed E-state index contributed by atoms with van der Waals surface area (Å²) in [7, 11) is -4.26. The van der Waals surface area contributed by atoms with Crippen LogP contribution in [0.15, 0.2) is 17.0 Å². The van der Waals surface area contributed by atoms with Gasteiger partial charge in [-0.1, -0.05) is 0 Å². The van der Waals surface area contributed by atoms with Gasteiger partial charge in [-0.05, 0) is 26.0 Å². The lowest BCUT2D eigenvalue weighted by atomic mass is 10.3. The summed E-state index contributed by atoms with van der Waals surface area (Å²) in [5.41, 5.74) is 5.12. The van der Waals surface area contributed by atoms with Crippen molar-refractivity contribution in [3.05, 3.63) is 23.8 Å². The molecule has 0 spiro atoms. The average Bonchev–Trinajstić information content (AvgIpc) is 2.25. The van der Waals surface area contributed by atoms with E-state index in [-0.39, 0.29) is 31.0 Å². The van der Waals surface area contributed by atoms with E-state index in [2.05, 4.69) is 0 Å². The number of hydrogen-bond acceptors (Lipinski definition) is 4. The van der Waals surface area contributed by atoms with Gasteiger partial charge in [0.25, 0.3) is 0 Å². The molecule has 112 valence electrons. The number of anilines is 1. The molecule has 1 aliphatic rings. The van der Waals surface area contributed by atoms with Crippen molar-refractivity contribution in [2.45, 2.75) is 31.0 Å². The summed E-state index contributed by atoms with van der Waals surface area (Å²) >= 11 is 0. The molecule has 1 aromatic rings. The molecule has 1 fully saturated rings. The minimum atomic E-state index is -4.26. The molecule has 20 heavy (non-hydrogen) atoms. The largest absolute Gasteiger partial charge is 0.399 e. The van der Waals surface area contributed by atoms with Crippen LogP contribution in [-0.4, -0.2) is 38.0 Å². The van der Waals surface area contributed by atoms with Crippen LogP contribution in [0.2, 0.25) is 0 Å². The summed E-state index contributed by atoms with van der Waals surface area (Å²) in [6, 6.07) is 1.59. The van der Waals surface area contributed by atoms with Crippen LogP contribution in [0.25, 0.3) is 0 Å². The van der Waals surface area contributed by atoms with Crippen LogP contribution in [0.5, 0.6) is 0 Å². The number of halogens is 2. The molecule has 0 amide bonds. The van der Waals surface area contributed by atoms with E-state index in [0.717, 1.165) is 16.4 Å². The summed E-state index contributed by atoms with van der Waals surface area (Å²) in [5, 5.41) is 0. The van der Waals surface area contributed by atoms with E-state index in [1.54, 1.807) is 13.8 Å². The fourth-order valence-electron chi connectivity index (χ4n) is 2.28. The first-order chi connectivity index (χ1) is 9.21. The van der Waals surface area contributed by atoms with Gasteiger partial charge in [-0.15, -0.1) is 0 Å². The monoisotopic (exact) mass is 306 g/mol. The maximum absolute atomic E-state index is 13.8. The number of ether oxygens (including phenoxy) is 1. The van der Waals surface area contributed by atoms with Gasteiger partial charge in [-0.3, -0.25) is 0 Å². The second-order valence-electron chi connectivity index (χ2n) is 4.89. The normalized spacial score (nSPS) is 24.8. The van der Waals surface area contributed by atoms with E-state index in [0.29, 0.717) is 0 Å². The van der Waals surface area contributed by atoms with E-state index in [1.807, 2.05) is 0 Å². The molecule has 0 saturated carbocycles. The van der Waals surface area contributed by atoms with Crippen LogP contribution >= 0.6 is 0 Å². The molecule has 0 aliphatic carbocycles. The Morgan fingerprint density at radius 2 is 1.65 bits per heavy atom. The van der Waals surface area contributed by atoms with Crippen LogP contribution in [0, 0.1) is 11.6 Å². The van der Waals surface area contributed by atoms with Gasteiger partial charge in [-0.2, -0.15) is 4.31 Å². The molecule has 0 aromatic heterocycles. The Morgan fingerprint density at radius 3 is 2.10 bits per heavy atom. The molecular formula is C12H16F2N2O3S. The number of nitrogens with two attached hydrogens (primary N) is 1. The molecule has 2 atom stereocenters. The zero-order valence-electron chi connectivity index (χ0n) is 11.1. The molecule has 1 aliphatic heterocycles. The second kappa shape index (κ2) is 5.27. The van der Waals surface area contributed by atoms with Gasteiger partial charge < -0.3 is 10.5 Å². The minimum absolute atomic E-state index is 0.0515. The SMILES string of the molecule is C[C@@H]1CN(S(=O)(=O)c2c(F)cc(N)cc2F)C[C@H](C)O1. The fraction of sp³-hybridized carbons (Fsp3) is 0.500. The first-order valence-electron chi connectivity index (χ1n) is 6.12. The van der Waals surface area contributed by atoms with Gasteiger partial charge >= 0.3 is 0 Å². The molecule has 0 bridgehead atoms. The Hall–Kier alpha value is -1.25. The number of sulfonamides is 1. The van der Waals surface area contributed by atoms with Crippen LogP contribution in [-0.2, 0) is 14.8 Å². The van der Waals surface area contributed by atoms with Crippen molar-refractivity contribution in [3.8, 4) is 0 Å². The lowest BCUT2D eigenvalue weighted by molar-refractivity contribution is -0.0441. The third-order valence-corrected chi connectivity index (χ3v) is 4.89. The van der Waals surface area contributed by atoms with Crippen molar-refractivity contribution in [2.24, 2.45) is 0 Å². The van der Waals surface area contributed by atoms with Gasteiger partial charge in [0.05, 0.1) is 12.2 Å². The number of nitrogen functional groups attached to an aromatic ring is 1. The maximum atomic E-state index is 13.8. The van der Waals surface area contributed by atoms with Crippen molar-refractivity contribution in [3.63, 3.8) is 0 Å². The zero-order chi connectivity index (χ0) is 15.1. The molecule has 1 saturated heterocycles. The molecular weight excluding hydrogens is 290 g/mol. The minimum Gasteiger partial charge on any atom is -0.399 e. The van der Waals surface area contributed by atoms with Crippen LogP contribution in [0.1, 0.15) is 13.8 Å². The van der Waals surface area contributed by atoms with Crippen LogP contribution < -0.4 is 5.73 Å². The van der Waals surface area contributed by atoms with Crippen LogP contribution in [0.4, 0.5) is 14.5 Å². The van der Waals surface area contributed by atoms with Crippen molar-refractivity contribution >= 4 is 15.7 Å². The standard InChI is InChI=1S/C12H16F2N2O3S/c1-7-5-16(6-8(2)19-7)20(17,18)12-10(13)3-9(15)4-11(12)14/h3-4,7-8H,5-6,15H2,1-2H3/t7-,8+. The maximum Gasteiger partial charge on any atom is 0.249 e. The smallest absolute Gasteiger partial charge is 0.249 e.